The van der Waals surface area contributed by atoms with E-state index in [0.717, 1.165) is 57.6 Å². The lowest BCUT2D eigenvalue weighted by Gasteiger charge is -2.31. The molecule has 29 heavy (non-hydrogen) atoms. The molecule has 0 atom stereocenters. The Morgan fingerprint density at radius 3 is 2.48 bits per heavy atom. The van der Waals surface area contributed by atoms with Crippen molar-refractivity contribution >= 4 is 27.6 Å². The van der Waals surface area contributed by atoms with Gasteiger partial charge in [0.1, 0.15) is 0 Å². The molecular formula is C24H30ClN2O2-. The van der Waals surface area contributed by atoms with Crippen LogP contribution in [-0.2, 0) is 11.3 Å². The largest absolute Gasteiger partial charge is 1.00 e. The number of rotatable bonds is 7. The molecule has 0 amide bonds. The minimum absolute atomic E-state index is 0. The Morgan fingerprint density at radius 2 is 1.76 bits per heavy atom. The summed E-state index contributed by atoms with van der Waals surface area (Å²) in [6.45, 7) is 8.88. The van der Waals surface area contributed by atoms with E-state index in [9.17, 15) is 4.79 Å². The number of ether oxygens (including phenoxy) is 1. The highest BCUT2D eigenvalue weighted by atomic mass is 35.5. The van der Waals surface area contributed by atoms with Gasteiger partial charge in [-0.05, 0) is 51.8 Å². The van der Waals surface area contributed by atoms with E-state index in [0.29, 0.717) is 6.10 Å². The van der Waals surface area contributed by atoms with Crippen molar-refractivity contribution in [3.63, 3.8) is 0 Å². The van der Waals surface area contributed by atoms with Gasteiger partial charge in [-0.1, -0.05) is 30.3 Å². The average molecular weight is 414 g/mol. The number of para-hydroxylation sites is 1. The number of likely N-dealkylation sites (tertiary alicyclic amines) is 1. The second-order valence-corrected chi connectivity index (χ2v) is 7.81. The molecule has 156 valence electrons. The maximum absolute atomic E-state index is 11.9. The molecule has 0 saturated carbocycles. The number of carbonyl (C=O) groups excluding carboxylic acids is 1. The summed E-state index contributed by atoms with van der Waals surface area (Å²) < 4.78 is 8.16. The molecule has 0 aliphatic carbocycles. The molecule has 0 N–H and O–H groups in total. The van der Waals surface area contributed by atoms with Gasteiger partial charge < -0.3 is 26.6 Å². The van der Waals surface area contributed by atoms with Crippen LogP contribution >= 0.6 is 0 Å². The minimum atomic E-state index is 0. The molecule has 2 aromatic carbocycles. The van der Waals surface area contributed by atoms with Crippen LogP contribution < -0.4 is 12.4 Å². The lowest BCUT2D eigenvalue weighted by molar-refractivity contribution is -0.0000235. The standard InChI is InChI=1S/C24H30N2O2.ClH/c1-3-28-20-11-15-25(16-12-20)13-6-14-26-23-8-5-4-7-21(23)22-10-9-19(18(2)27)17-24(22)26;/h4-5,7-10,17,20H,3,6,11-16H2,1-2H3;1H/p-1. The summed E-state index contributed by atoms with van der Waals surface area (Å²) in [6.07, 6.45) is 3.84. The summed E-state index contributed by atoms with van der Waals surface area (Å²) in [4.78, 5) is 14.4. The van der Waals surface area contributed by atoms with E-state index in [1.54, 1.807) is 6.92 Å². The van der Waals surface area contributed by atoms with Crippen LogP contribution in [0.15, 0.2) is 42.5 Å². The molecule has 0 unspecified atom stereocenters. The molecular weight excluding hydrogens is 384 g/mol. The van der Waals surface area contributed by atoms with E-state index in [2.05, 4.69) is 52.8 Å². The number of carbonyl (C=O) groups is 1. The van der Waals surface area contributed by atoms with Gasteiger partial charge in [0.15, 0.2) is 5.78 Å². The summed E-state index contributed by atoms with van der Waals surface area (Å²) in [5.74, 6) is 0.121. The molecule has 0 spiro atoms. The molecule has 1 aromatic heterocycles. The fraction of sp³-hybridized carbons (Fsp3) is 0.458. The first kappa shape index (κ1) is 21.8. The zero-order valence-corrected chi connectivity index (χ0v) is 18.1. The number of halogens is 1. The van der Waals surface area contributed by atoms with Crippen LogP contribution in [0.3, 0.4) is 0 Å². The Balaban J connectivity index is 0.00000240. The highest BCUT2D eigenvalue weighted by molar-refractivity contribution is 6.10. The van der Waals surface area contributed by atoms with Crippen molar-refractivity contribution < 1.29 is 21.9 Å². The summed E-state index contributed by atoms with van der Waals surface area (Å²) in [5.41, 5.74) is 3.21. The zero-order chi connectivity index (χ0) is 19.5. The second-order valence-electron chi connectivity index (χ2n) is 7.81. The molecule has 4 nitrogen and oxygen atoms in total. The van der Waals surface area contributed by atoms with Gasteiger partial charge in [-0.15, -0.1) is 0 Å². The van der Waals surface area contributed by atoms with Crippen molar-refractivity contribution in [2.75, 3.05) is 26.2 Å². The van der Waals surface area contributed by atoms with E-state index in [1.807, 2.05) is 6.07 Å². The number of hydrogen-bond donors (Lipinski definition) is 0. The van der Waals surface area contributed by atoms with Gasteiger partial charge in [-0.2, -0.15) is 0 Å². The number of nitrogens with zero attached hydrogens (tertiary/aromatic N) is 2. The number of benzene rings is 2. The number of hydrogen-bond acceptors (Lipinski definition) is 3. The molecule has 1 saturated heterocycles. The van der Waals surface area contributed by atoms with Gasteiger partial charge in [0.25, 0.3) is 0 Å². The predicted octanol–water partition coefficient (Wildman–Crippen LogP) is 1.89. The van der Waals surface area contributed by atoms with Gasteiger partial charge in [-0.3, -0.25) is 4.79 Å². The molecule has 0 radical (unpaired) electrons. The molecule has 3 aromatic rings. The Morgan fingerprint density at radius 1 is 1.03 bits per heavy atom. The van der Waals surface area contributed by atoms with E-state index < -0.39 is 0 Å². The van der Waals surface area contributed by atoms with Gasteiger partial charge in [0.2, 0.25) is 0 Å². The summed E-state index contributed by atoms with van der Waals surface area (Å²) in [7, 11) is 0. The van der Waals surface area contributed by atoms with Crippen molar-refractivity contribution in [3.05, 3.63) is 48.0 Å². The highest BCUT2D eigenvalue weighted by Crippen LogP contribution is 2.30. The molecule has 4 rings (SSSR count). The highest BCUT2D eigenvalue weighted by Gasteiger charge is 2.19. The third-order valence-corrected chi connectivity index (χ3v) is 5.97. The van der Waals surface area contributed by atoms with Crippen molar-refractivity contribution in [1.82, 2.24) is 9.47 Å². The third-order valence-electron chi connectivity index (χ3n) is 5.97. The first-order valence-corrected chi connectivity index (χ1v) is 10.5. The molecule has 0 bridgehead atoms. The van der Waals surface area contributed by atoms with E-state index in [1.165, 1.54) is 21.8 Å². The average Bonchev–Trinajstić information content (AvgIpc) is 3.03. The number of aryl methyl sites for hydroxylation is 1. The number of aromatic nitrogens is 1. The number of ketones is 1. The van der Waals surface area contributed by atoms with Gasteiger partial charge in [0, 0.05) is 53.6 Å². The summed E-state index contributed by atoms with van der Waals surface area (Å²) in [6, 6.07) is 14.7. The summed E-state index contributed by atoms with van der Waals surface area (Å²) in [5, 5.41) is 2.50. The van der Waals surface area contributed by atoms with Crippen molar-refractivity contribution in [2.45, 2.75) is 45.8 Å². The van der Waals surface area contributed by atoms with Crippen molar-refractivity contribution in [2.24, 2.45) is 0 Å². The van der Waals surface area contributed by atoms with E-state index in [-0.39, 0.29) is 18.2 Å². The molecule has 5 heteroatoms. The monoisotopic (exact) mass is 413 g/mol. The van der Waals surface area contributed by atoms with Crippen LogP contribution in [0.5, 0.6) is 0 Å². The lowest BCUT2D eigenvalue weighted by atomic mass is 10.1. The van der Waals surface area contributed by atoms with Crippen LogP contribution in [-0.4, -0.2) is 47.6 Å². The summed E-state index contributed by atoms with van der Waals surface area (Å²) >= 11 is 0. The molecule has 1 fully saturated rings. The molecule has 1 aliphatic rings. The van der Waals surface area contributed by atoms with Crippen LogP contribution in [0.2, 0.25) is 0 Å². The fourth-order valence-electron chi connectivity index (χ4n) is 4.50. The van der Waals surface area contributed by atoms with Gasteiger partial charge >= 0.3 is 0 Å². The first-order chi connectivity index (χ1) is 13.7. The maximum Gasteiger partial charge on any atom is 0.159 e. The zero-order valence-electron chi connectivity index (χ0n) is 17.4. The number of fused-ring (bicyclic) bond motifs is 3. The maximum atomic E-state index is 11.9. The second kappa shape index (κ2) is 9.75. The first-order valence-electron chi connectivity index (χ1n) is 10.5. The smallest absolute Gasteiger partial charge is 0.159 e. The molecule has 2 heterocycles. The molecule has 1 aliphatic heterocycles. The van der Waals surface area contributed by atoms with Crippen LogP contribution in [0, 0.1) is 0 Å². The quantitative estimate of drug-likeness (QED) is 0.555. The minimum Gasteiger partial charge on any atom is -1.00 e. The van der Waals surface area contributed by atoms with Crippen molar-refractivity contribution in [3.8, 4) is 0 Å². The Labute approximate surface area is 179 Å². The topological polar surface area (TPSA) is 34.5 Å². The van der Waals surface area contributed by atoms with Crippen LogP contribution in [0.25, 0.3) is 21.8 Å². The Hall–Kier alpha value is -1.88. The lowest BCUT2D eigenvalue weighted by Crippen LogP contribution is -3.00. The predicted molar refractivity (Wildman–Crippen MR) is 115 cm³/mol. The Bertz CT molecular complexity index is 974. The van der Waals surface area contributed by atoms with Crippen LogP contribution in [0.4, 0.5) is 0 Å². The van der Waals surface area contributed by atoms with E-state index in [4.69, 9.17) is 4.74 Å². The SMILES string of the molecule is CCOC1CCN(CCCn2c3ccccc3c3ccc(C(C)=O)cc32)CC1.[Cl-]. The Kier molecular flexibility index (Phi) is 7.33. The van der Waals surface area contributed by atoms with Crippen LogP contribution in [0.1, 0.15) is 43.5 Å². The van der Waals surface area contributed by atoms with Gasteiger partial charge in [-0.25, -0.2) is 0 Å². The normalized spacial score (nSPS) is 15.7. The van der Waals surface area contributed by atoms with Gasteiger partial charge in [0.05, 0.1) is 6.10 Å². The fourth-order valence-corrected chi connectivity index (χ4v) is 4.50. The number of piperidine rings is 1. The third kappa shape index (κ3) is 4.66. The van der Waals surface area contributed by atoms with E-state index >= 15 is 0 Å². The number of Topliss-reactive ketones (excluding diaryl/α,β-unsaturated/α-hetero) is 1. The van der Waals surface area contributed by atoms with Crippen molar-refractivity contribution in [1.29, 1.82) is 0 Å².